The number of methoxy groups -OCH3 is 1. The zero-order valence-corrected chi connectivity index (χ0v) is 27.2. The van der Waals surface area contributed by atoms with Crippen LogP contribution in [0.25, 0.3) is 21.9 Å². The Kier molecular flexibility index (Phi) is 9.06. The van der Waals surface area contributed by atoms with E-state index in [2.05, 4.69) is 20.0 Å². The van der Waals surface area contributed by atoms with E-state index >= 15 is 0 Å². The topological polar surface area (TPSA) is 213 Å². The standard InChI is InChI=1S/C27H32IN6O9P/c1-13(2)18(23(36)37)33-44(39,43-16-11-7-9-14-8-5-6-10-15(14)16)41-12-17-20(35)27(3,38)24(42-17)34-21-19(30-25(34)28)22(40-4)32-26(29)31-21/h5-11,13,17-18,20,24,35,38H,12H2,1-4H3,(H,33,39)(H,36,37)(H2,29,31,32)/t17-,18?,20-,24-,27-,44?/m1/s1. The molecule has 44 heavy (non-hydrogen) atoms. The number of carbonyl (C=O) groups is 1. The van der Waals surface area contributed by atoms with Crippen LogP contribution in [-0.4, -0.2) is 78.4 Å². The van der Waals surface area contributed by atoms with Crippen molar-refractivity contribution < 1.29 is 43.2 Å². The predicted octanol–water partition coefficient (Wildman–Crippen LogP) is 3.09. The summed E-state index contributed by atoms with van der Waals surface area (Å²) in [5.41, 5.74) is 4.38. The van der Waals surface area contributed by atoms with Gasteiger partial charge in [-0.25, -0.2) is 9.55 Å². The van der Waals surface area contributed by atoms with Gasteiger partial charge in [0.15, 0.2) is 21.2 Å². The largest absolute Gasteiger partial charge is 0.480 e. The van der Waals surface area contributed by atoms with Gasteiger partial charge >= 0.3 is 13.7 Å². The lowest BCUT2D eigenvalue weighted by atomic mass is 9.96. The maximum atomic E-state index is 14.2. The third-order valence-corrected chi connectivity index (χ3v) is 9.55. The van der Waals surface area contributed by atoms with Gasteiger partial charge in [0, 0.05) is 28.0 Å². The molecule has 0 saturated carbocycles. The van der Waals surface area contributed by atoms with Crippen molar-refractivity contribution in [1.82, 2.24) is 24.6 Å². The number of halogens is 1. The minimum atomic E-state index is -4.45. The Bertz CT molecular complexity index is 1750. The molecule has 236 valence electrons. The monoisotopic (exact) mass is 742 g/mol. The van der Waals surface area contributed by atoms with Crippen LogP contribution in [0.4, 0.5) is 5.95 Å². The van der Waals surface area contributed by atoms with E-state index in [1.54, 1.807) is 38.1 Å². The van der Waals surface area contributed by atoms with Crippen molar-refractivity contribution in [2.75, 3.05) is 19.5 Å². The van der Waals surface area contributed by atoms with Crippen LogP contribution in [0.3, 0.4) is 0 Å². The summed E-state index contributed by atoms with van der Waals surface area (Å²) in [4.78, 5) is 24.7. The van der Waals surface area contributed by atoms with E-state index in [4.69, 9.17) is 24.3 Å². The van der Waals surface area contributed by atoms with E-state index in [1.165, 1.54) is 18.6 Å². The summed E-state index contributed by atoms with van der Waals surface area (Å²) < 4.78 is 39.0. The second-order valence-electron chi connectivity index (χ2n) is 10.8. The van der Waals surface area contributed by atoms with Crippen molar-refractivity contribution in [3.63, 3.8) is 0 Å². The van der Waals surface area contributed by atoms with Crippen molar-refractivity contribution >= 4 is 64.2 Å². The number of nitrogens with zero attached hydrogens (tertiary/aromatic N) is 4. The SMILES string of the molecule is COc1nc(N)nc2c1nc(I)n2[C@@H]1O[C@H](COP(=O)(NC(C(=O)O)C(C)C)Oc2cccc3ccccc23)[C@@H](O)[C@@]1(C)O. The van der Waals surface area contributed by atoms with Crippen LogP contribution in [0.1, 0.15) is 27.0 Å². The number of nitrogens with two attached hydrogens (primary N) is 1. The number of aliphatic hydroxyl groups is 2. The third kappa shape index (κ3) is 6.07. The molecule has 2 aromatic heterocycles. The summed E-state index contributed by atoms with van der Waals surface area (Å²) in [5, 5.41) is 36.4. The number of aromatic nitrogens is 4. The Hall–Kier alpha value is -3.12. The molecule has 0 bridgehead atoms. The Balaban J connectivity index is 1.46. The molecule has 1 aliphatic rings. The number of rotatable bonds is 11. The summed E-state index contributed by atoms with van der Waals surface area (Å²) in [6.45, 7) is 4.08. The Morgan fingerprint density at radius 2 is 1.93 bits per heavy atom. The molecule has 3 heterocycles. The fraction of sp³-hybridized carbons (Fsp3) is 0.407. The third-order valence-electron chi connectivity index (χ3n) is 7.27. The van der Waals surface area contributed by atoms with E-state index in [-0.39, 0.29) is 28.7 Å². The van der Waals surface area contributed by atoms with Crippen molar-refractivity contribution in [2.45, 2.75) is 50.8 Å². The van der Waals surface area contributed by atoms with Crippen LogP contribution in [-0.2, 0) is 18.6 Å². The van der Waals surface area contributed by atoms with Crippen LogP contribution in [0.5, 0.6) is 11.6 Å². The van der Waals surface area contributed by atoms with Crippen LogP contribution in [0.15, 0.2) is 42.5 Å². The van der Waals surface area contributed by atoms with E-state index in [9.17, 15) is 24.7 Å². The molecule has 1 saturated heterocycles. The number of carboxylic acid groups (broad SMARTS) is 1. The number of hydrogen-bond acceptors (Lipinski definition) is 12. The molecule has 1 aliphatic heterocycles. The van der Waals surface area contributed by atoms with Gasteiger partial charge in [-0.3, -0.25) is 13.9 Å². The molecule has 0 spiro atoms. The molecule has 2 unspecified atom stereocenters. The number of nitrogens with one attached hydrogen (secondary N) is 1. The van der Waals surface area contributed by atoms with Gasteiger partial charge in [0.2, 0.25) is 11.8 Å². The summed E-state index contributed by atoms with van der Waals surface area (Å²) in [6.07, 6.45) is -4.07. The molecule has 0 radical (unpaired) electrons. The maximum Gasteiger partial charge on any atom is 0.459 e. The molecule has 0 amide bonds. The minimum absolute atomic E-state index is 0.109. The highest BCUT2D eigenvalue weighted by Crippen LogP contribution is 2.49. The molecule has 15 nitrogen and oxygen atoms in total. The average Bonchev–Trinajstić information content (AvgIpc) is 3.41. The van der Waals surface area contributed by atoms with Crippen molar-refractivity contribution in [2.24, 2.45) is 5.92 Å². The summed E-state index contributed by atoms with van der Waals surface area (Å²) in [6, 6.07) is 11.0. The number of aliphatic hydroxyl groups excluding tert-OH is 1. The smallest absolute Gasteiger partial charge is 0.459 e. The fourth-order valence-corrected chi connectivity index (χ4v) is 7.38. The minimum Gasteiger partial charge on any atom is -0.480 e. The lowest BCUT2D eigenvalue weighted by Crippen LogP contribution is -2.45. The first-order valence-corrected chi connectivity index (χ1v) is 16.1. The molecule has 17 heteroatoms. The van der Waals surface area contributed by atoms with E-state index < -0.39 is 56.3 Å². The van der Waals surface area contributed by atoms with Gasteiger partial charge in [-0.1, -0.05) is 50.2 Å². The summed E-state index contributed by atoms with van der Waals surface area (Å²) in [7, 11) is -3.06. The van der Waals surface area contributed by atoms with Gasteiger partial charge in [-0.15, -0.1) is 0 Å². The number of nitrogen functional groups attached to an aromatic ring is 1. The molecule has 6 atom stereocenters. The first kappa shape index (κ1) is 32.3. The van der Waals surface area contributed by atoms with Crippen molar-refractivity contribution in [1.29, 1.82) is 0 Å². The predicted molar refractivity (Wildman–Crippen MR) is 167 cm³/mol. The number of carboxylic acids is 1. The second kappa shape index (κ2) is 12.3. The average molecular weight is 742 g/mol. The molecular formula is C27H32IN6O9P. The highest BCUT2D eigenvalue weighted by Gasteiger charge is 2.55. The first-order valence-electron chi connectivity index (χ1n) is 13.5. The Morgan fingerprint density at radius 3 is 2.61 bits per heavy atom. The van der Waals surface area contributed by atoms with Crippen molar-refractivity contribution in [3.05, 3.63) is 46.3 Å². The summed E-state index contributed by atoms with van der Waals surface area (Å²) >= 11 is 1.91. The second-order valence-corrected chi connectivity index (χ2v) is 13.4. The molecule has 4 aromatic rings. The molecule has 1 fully saturated rings. The van der Waals surface area contributed by atoms with Crippen molar-refractivity contribution in [3.8, 4) is 11.6 Å². The van der Waals surface area contributed by atoms with E-state index in [0.29, 0.717) is 9.22 Å². The number of hydrogen-bond donors (Lipinski definition) is 5. The highest BCUT2D eigenvalue weighted by atomic mass is 127. The zero-order valence-electron chi connectivity index (χ0n) is 24.1. The Labute approximate surface area is 265 Å². The fourth-order valence-electron chi connectivity index (χ4n) is 4.97. The molecule has 0 aliphatic carbocycles. The van der Waals surface area contributed by atoms with Gasteiger partial charge in [-0.05, 0) is 24.3 Å². The number of fused-ring (bicyclic) bond motifs is 2. The normalized spacial score (nSPS) is 24.0. The van der Waals surface area contributed by atoms with Crippen LogP contribution in [0, 0.1) is 9.75 Å². The first-order chi connectivity index (χ1) is 20.8. The van der Waals surface area contributed by atoms with E-state index in [0.717, 1.165) is 5.39 Å². The van der Waals surface area contributed by atoms with Gasteiger partial charge in [0.05, 0.1) is 13.7 Å². The lowest BCUT2D eigenvalue weighted by Gasteiger charge is -2.28. The Morgan fingerprint density at radius 1 is 1.23 bits per heavy atom. The lowest BCUT2D eigenvalue weighted by molar-refractivity contribution is -0.140. The number of anilines is 1. The van der Waals surface area contributed by atoms with Crippen LogP contribution in [0.2, 0.25) is 0 Å². The molecular weight excluding hydrogens is 710 g/mol. The number of imidazole rings is 1. The number of benzene rings is 2. The van der Waals surface area contributed by atoms with Crippen LogP contribution < -0.4 is 20.1 Å². The zero-order chi connectivity index (χ0) is 32.0. The maximum absolute atomic E-state index is 14.2. The van der Waals surface area contributed by atoms with E-state index in [1.807, 2.05) is 40.8 Å². The number of ether oxygens (including phenoxy) is 2. The van der Waals surface area contributed by atoms with Gasteiger partial charge in [0.25, 0.3) is 0 Å². The molecule has 6 N–H and O–H groups in total. The van der Waals surface area contributed by atoms with Gasteiger partial charge in [0.1, 0.15) is 29.6 Å². The van der Waals surface area contributed by atoms with Crippen LogP contribution >= 0.6 is 30.3 Å². The molecule has 2 aromatic carbocycles. The quantitative estimate of drug-likeness (QED) is 0.0849. The highest BCUT2D eigenvalue weighted by molar-refractivity contribution is 14.1. The molecule has 5 rings (SSSR count). The van der Waals surface area contributed by atoms with Gasteiger partial charge in [-0.2, -0.15) is 15.1 Å². The summed E-state index contributed by atoms with van der Waals surface area (Å²) in [5.74, 6) is -1.57. The van der Waals surface area contributed by atoms with Gasteiger partial charge < -0.3 is 35.1 Å². The number of aliphatic carboxylic acids is 1.